The number of methoxy groups -OCH3 is 1. The number of hydrogen-bond donors (Lipinski definition) is 1. The van der Waals surface area contributed by atoms with Crippen molar-refractivity contribution in [3.63, 3.8) is 0 Å². The maximum atomic E-state index is 13.4. The highest BCUT2D eigenvalue weighted by Crippen LogP contribution is 2.37. The fraction of sp³-hybridized carbons (Fsp3) is 0.500. The van der Waals surface area contributed by atoms with Crippen LogP contribution >= 0.6 is 0 Å². The van der Waals surface area contributed by atoms with Crippen LogP contribution in [0.1, 0.15) is 31.2 Å². The Morgan fingerprint density at radius 2 is 1.94 bits per heavy atom. The number of ether oxygens (including phenoxy) is 3. The second kappa shape index (κ2) is 10.3. The Bertz CT molecular complexity index is 869. The van der Waals surface area contributed by atoms with Gasteiger partial charge in [-0.25, -0.2) is 0 Å². The molecular weight excluding hydrogens is 390 g/mol. The Morgan fingerprint density at radius 1 is 1.10 bits per heavy atom. The van der Waals surface area contributed by atoms with Gasteiger partial charge in [-0.2, -0.15) is 0 Å². The number of nitrogens with one attached hydrogen (secondary N) is 1. The fourth-order valence-electron chi connectivity index (χ4n) is 4.76. The summed E-state index contributed by atoms with van der Waals surface area (Å²) in [6.07, 6.45) is 4.41. The average molecular weight is 424 g/mol. The molecule has 0 aliphatic carbocycles. The lowest BCUT2D eigenvalue weighted by Gasteiger charge is -2.36. The summed E-state index contributed by atoms with van der Waals surface area (Å²) in [5.41, 5.74) is 2.92. The highest BCUT2D eigenvalue weighted by Gasteiger charge is 2.40. The van der Waals surface area contributed by atoms with E-state index in [1.165, 1.54) is 5.56 Å². The molecule has 0 radical (unpaired) electrons. The standard InChI is InChI=1S/C26H33NO4/c1-29-24-10-3-2-9-23(24)22-8-4-6-20(16-22)17-26(11-14-30-15-12-26)25(28)27-18-21-7-5-13-31-19-21/h2-4,6,8-10,16,21H,5,7,11-15,17-19H2,1H3,(H,27,28). The number of hydrogen-bond acceptors (Lipinski definition) is 4. The molecule has 0 bridgehead atoms. The van der Waals surface area contributed by atoms with Crippen LogP contribution < -0.4 is 10.1 Å². The van der Waals surface area contributed by atoms with Crippen LogP contribution in [-0.2, 0) is 20.7 Å². The minimum Gasteiger partial charge on any atom is -0.496 e. The molecule has 2 aliphatic heterocycles. The molecule has 4 rings (SSSR count). The zero-order chi connectivity index (χ0) is 21.5. The zero-order valence-corrected chi connectivity index (χ0v) is 18.4. The first-order valence-corrected chi connectivity index (χ1v) is 11.4. The maximum Gasteiger partial charge on any atom is 0.226 e. The van der Waals surface area contributed by atoms with Gasteiger partial charge in [0.2, 0.25) is 5.91 Å². The smallest absolute Gasteiger partial charge is 0.226 e. The molecule has 31 heavy (non-hydrogen) atoms. The van der Waals surface area contributed by atoms with Crippen LogP contribution in [0.15, 0.2) is 48.5 Å². The van der Waals surface area contributed by atoms with Gasteiger partial charge < -0.3 is 19.5 Å². The van der Waals surface area contributed by atoms with Gasteiger partial charge in [-0.15, -0.1) is 0 Å². The summed E-state index contributed by atoms with van der Waals surface area (Å²) in [5, 5.41) is 3.25. The summed E-state index contributed by atoms with van der Waals surface area (Å²) in [4.78, 5) is 13.4. The van der Waals surface area contributed by atoms with E-state index in [0.29, 0.717) is 32.1 Å². The van der Waals surface area contributed by atoms with Gasteiger partial charge in [0.1, 0.15) is 5.75 Å². The van der Waals surface area contributed by atoms with E-state index in [1.54, 1.807) is 7.11 Å². The molecule has 1 atom stereocenters. The van der Waals surface area contributed by atoms with Crippen LogP contribution in [0.25, 0.3) is 11.1 Å². The van der Waals surface area contributed by atoms with Crippen molar-refractivity contribution < 1.29 is 19.0 Å². The molecule has 2 saturated heterocycles. The Morgan fingerprint density at radius 3 is 2.71 bits per heavy atom. The van der Waals surface area contributed by atoms with E-state index in [9.17, 15) is 4.79 Å². The zero-order valence-electron chi connectivity index (χ0n) is 18.4. The second-order valence-electron chi connectivity index (χ2n) is 8.76. The fourth-order valence-corrected chi connectivity index (χ4v) is 4.76. The summed E-state index contributed by atoms with van der Waals surface area (Å²) in [5.74, 6) is 1.43. The number of carbonyl (C=O) groups excluding carboxylic acids is 1. The molecule has 1 unspecified atom stereocenters. The third-order valence-corrected chi connectivity index (χ3v) is 6.62. The van der Waals surface area contributed by atoms with Crippen molar-refractivity contribution >= 4 is 5.91 Å². The molecule has 1 N–H and O–H groups in total. The number of carbonyl (C=O) groups is 1. The van der Waals surface area contributed by atoms with E-state index >= 15 is 0 Å². The predicted molar refractivity (Wildman–Crippen MR) is 121 cm³/mol. The molecule has 2 aliphatic rings. The van der Waals surface area contributed by atoms with E-state index in [-0.39, 0.29) is 5.91 Å². The lowest BCUT2D eigenvalue weighted by atomic mass is 9.74. The predicted octanol–water partition coefficient (Wildman–Crippen LogP) is 4.24. The number of benzene rings is 2. The van der Waals surface area contributed by atoms with Crippen LogP contribution in [0.3, 0.4) is 0 Å². The van der Waals surface area contributed by atoms with Gasteiger partial charge in [-0.1, -0.05) is 42.5 Å². The SMILES string of the molecule is COc1ccccc1-c1cccc(CC2(C(=O)NCC3CCCOC3)CCOCC2)c1. The van der Waals surface area contributed by atoms with Crippen molar-refractivity contribution in [3.8, 4) is 16.9 Å². The lowest BCUT2D eigenvalue weighted by Crippen LogP contribution is -2.47. The molecule has 1 amide bonds. The Balaban J connectivity index is 1.51. The normalized spacial score (nSPS) is 20.7. The van der Waals surface area contributed by atoms with Crippen molar-refractivity contribution in [2.75, 3.05) is 40.1 Å². The van der Waals surface area contributed by atoms with Gasteiger partial charge >= 0.3 is 0 Å². The van der Waals surface area contributed by atoms with E-state index in [4.69, 9.17) is 14.2 Å². The number of amides is 1. The molecule has 5 heteroatoms. The summed E-state index contributed by atoms with van der Waals surface area (Å²) in [6, 6.07) is 16.5. The first-order valence-electron chi connectivity index (χ1n) is 11.4. The topological polar surface area (TPSA) is 56.8 Å². The molecule has 2 heterocycles. The van der Waals surface area contributed by atoms with Crippen LogP contribution in [0.2, 0.25) is 0 Å². The summed E-state index contributed by atoms with van der Waals surface area (Å²) < 4.78 is 16.7. The lowest BCUT2D eigenvalue weighted by molar-refractivity contribution is -0.137. The quantitative estimate of drug-likeness (QED) is 0.724. The molecule has 2 aromatic rings. The summed E-state index contributed by atoms with van der Waals surface area (Å²) >= 11 is 0. The Labute approximate surface area is 185 Å². The average Bonchev–Trinajstić information content (AvgIpc) is 2.84. The van der Waals surface area contributed by atoms with E-state index in [0.717, 1.165) is 55.8 Å². The third kappa shape index (κ3) is 5.28. The van der Waals surface area contributed by atoms with Crippen molar-refractivity contribution in [3.05, 3.63) is 54.1 Å². The van der Waals surface area contributed by atoms with Gasteiger partial charge in [0.05, 0.1) is 19.1 Å². The number of rotatable bonds is 7. The van der Waals surface area contributed by atoms with Crippen LogP contribution in [0.5, 0.6) is 5.75 Å². The van der Waals surface area contributed by atoms with Crippen LogP contribution in [0.4, 0.5) is 0 Å². The molecule has 2 aromatic carbocycles. The first-order chi connectivity index (χ1) is 15.2. The van der Waals surface area contributed by atoms with Crippen LogP contribution in [-0.4, -0.2) is 46.0 Å². The second-order valence-corrected chi connectivity index (χ2v) is 8.76. The summed E-state index contributed by atoms with van der Waals surface area (Å²) in [6.45, 7) is 3.55. The monoisotopic (exact) mass is 423 g/mol. The molecule has 0 spiro atoms. The van der Waals surface area contributed by atoms with Gasteiger partial charge in [-0.3, -0.25) is 4.79 Å². The largest absolute Gasteiger partial charge is 0.496 e. The highest BCUT2D eigenvalue weighted by atomic mass is 16.5. The van der Waals surface area contributed by atoms with E-state index in [1.807, 2.05) is 18.2 Å². The Kier molecular flexibility index (Phi) is 7.25. The first kappa shape index (κ1) is 21.8. The minimum absolute atomic E-state index is 0.157. The minimum atomic E-state index is -0.423. The van der Waals surface area contributed by atoms with Gasteiger partial charge in [0.25, 0.3) is 0 Å². The van der Waals surface area contributed by atoms with Crippen LogP contribution in [0, 0.1) is 11.3 Å². The number of para-hydroxylation sites is 1. The highest BCUT2D eigenvalue weighted by molar-refractivity contribution is 5.83. The molecule has 0 aromatic heterocycles. The van der Waals surface area contributed by atoms with Gasteiger partial charge in [0.15, 0.2) is 0 Å². The van der Waals surface area contributed by atoms with Crippen molar-refractivity contribution in [2.24, 2.45) is 11.3 Å². The Hall–Kier alpha value is -2.37. The van der Waals surface area contributed by atoms with E-state index < -0.39 is 5.41 Å². The van der Waals surface area contributed by atoms with Crippen molar-refractivity contribution in [1.29, 1.82) is 0 Å². The third-order valence-electron chi connectivity index (χ3n) is 6.62. The van der Waals surface area contributed by atoms with E-state index in [2.05, 4.69) is 35.6 Å². The maximum absolute atomic E-state index is 13.4. The van der Waals surface area contributed by atoms with Gasteiger partial charge in [0, 0.05) is 31.9 Å². The molecule has 166 valence electrons. The van der Waals surface area contributed by atoms with Crippen molar-refractivity contribution in [2.45, 2.75) is 32.1 Å². The molecule has 2 fully saturated rings. The van der Waals surface area contributed by atoms with Crippen molar-refractivity contribution in [1.82, 2.24) is 5.32 Å². The van der Waals surface area contributed by atoms with Gasteiger partial charge in [-0.05, 0) is 55.2 Å². The molecule has 0 saturated carbocycles. The molecule has 5 nitrogen and oxygen atoms in total. The summed E-state index contributed by atoms with van der Waals surface area (Å²) in [7, 11) is 1.70. The molecular formula is C26H33NO4.